The minimum Gasteiger partial charge on any atom is -0.379 e. The van der Waals surface area contributed by atoms with Crippen LogP contribution in [0.4, 0.5) is 0 Å². The third-order valence-corrected chi connectivity index (χ3v) is 3.30. The second-order valence-electron chi connectivity index (χ2n) is 4.20. The van der Waals surface area contributed by atoms with Crippen molar-refractivity contribution in [1.29, 1.82) is 0 Å². The number of hydrogen-bond acceptors (Lipinski definition) is 3. The van der Waals surface area contributed by atoms with Crippen LogP contribution in [0.2, 0.25) is 0 Å². The van der Waals surface area contributed by atoms with Gasteiger partial charge in [0, 0.05) is 10.7 Å². The predicted molar refractivity (Wildman–Crippen MR) is 79.3 cm³/mol. The first-order valence-electron chi connectivity index (χ1n) is 6.01. The lowest BCUT2D eigenvalue weighted by Crippen LogP contribution is -2.16. The second-order valence-corrected chi connectivity index (χ2v) is 5.11. The van der Waals surface area contributed by atoms with Crippen molar-refractivity contribution in [1.82, 2.24) is 15.3 Å². The summed E-state index contributed by atoms with van der Waals surface area (Å²) in [7, 11) is 0. The Kier molecular flexibility index (Phi) is 3.42. The zero-order valence-electron chi connectivity index (χ0n) is 10.1. The summed E-state index contributed by atoms with van der Waals surface area (Å²) < 4.78 is 1.00. The maximum atomic E-state index is 4.69. The van der Waals surface area contributed by atoms with Crippen molar-refractivity contribution >= 4 is 15.9 Å². The number of dihydropyridines is 1. The third-order valence-electron chi connectivity index (χ3n) is 2.84. The Bertz CT molecular complexity index is 635. The number of rotatable bonds is 2. The van der Waals surface area contributed by atoms with Gasteiger partial charge in [-0.15, -0.1) is 0 Å². The molecule has 0 bridgehead atoms. The fourth-order valence-electron chi connectivity index (χ4n) is 1.95. The summed E-state index contributed by atoms with van der Waals surface area (Å²) in [6.07, 6.45) is 9.77. The van der Waals surface area contributed by atoms with Crippen LogP contribution in [0, 0.1) is 0 Å². The van der Waals surface area contributed by atoms with Crippen LogP contribution in [0.25, 0.3) is 11.4 Å². The molecule has 0 aromatic carbocycles. The highest BCUT2D eigenvalue weighted by Crippen LogP contribution is 2.24. The summed E-state index contributed by atoms with van der Waals surface area (Å²) in [4.78, 5) is 9.03. The lowest BCUT2D eigenvalue weighted by molar-refractivity contribution is 0.721. The average Bonchev–Trinajstić information content (AvgIpc) is 2.48. The summed E-state index contributed by atoms with van der Waals surface area (Å²) >= 11 is 3.54. The van der Waals surface area contributed by atoms with Crippen molar-refractivity contribution in [2.24, 2.45) is 0 Å². The number of pyridine rings is 2. The fraction of sp³-hybridized carbons (Fsp3) is 0.0667. The first-order valence-corrected chi connectivity index (χ1v) is 6.80. The van der Waals surface area contributed by atoms with Crippen LogP contribution in [0.5, 0.6) is 0 Å². The fourth-order valence-corrected chi connectivity index (χ4v) is 2.40. The summed E-state index contributed by atoms with van der Waals surface area (Å²) in [5, 5.41) is 3.27. The first kappa shape index (κ1) is 12.1. The molecule has 0 radical (unpaired) electrons. The smallest absolute Gasteiger partial charge is 0.0901 e. The average molecular weight is 314 g/mol. The molecule has 2 aromatic rings. The van der Waals surface area contributed by atoms with E-state index < -0.39 is 0 Å². The minimum absolute atomic E-state index is 0.102. The molecule has 19 heavy (non-hydrogen) atoms. The molecule has 1 unspecified atom stereocenters. The predicted octanol–water partition coefficient (Wildman–Crippen LogP) is 3.62. The van der Waals surface area contributed by atoms with Crippen LogP contribution in [-0.4, -0.2) is 9.97 Å². The second kappa shape index (κ2) is 5.36. The van der Waals surface area contributed by atoms with E-state index in [-0.39, 0.29) is 6.04 Å². The van der Waals surface area contributed by atoms with E-state index in [9.17, 15) is 0 Å². The molecule has 1 aliphatic rings. The number of aromatic nitrogens is 2. The molecular formula is C15H12BrN3. The molecule has 0 fully saturated rings. The van der Waals surface area contributed by atoms with Gasteiger partial charge in [-0.2, -0.15) is 0 Å². The van der Waals surface area contributed by atoms with E-state index in [4.69, 9.17) is 0 Å². The molecule has 1 atom stereocenters. The molecule has 4 heteroatoms. The molecule has 3 rings (SSSR count). The van der Waals surface area contributed by atoms with E-state index in [0.717, 1.165) is 21.6 Å². The van der Waals surface area contributed by atoms with E-state index in [0.29, 0.717) is 0 Å². The largest absolute Gasteiger partial charge is 0.379 e. The molecule has 3 nitrogen and oxygen atoms in total. The minimum atomic E-state index is 0.102. The zero-order valence-corrected chi connectivity index (χ0v) is 11.7. The highest BCUT2D eigenvalue weighted by molar-refractivity contribution is 9.10. The van der Waals surface area contributed by atoms with Crippen molar-refractivity contribution in [2.45, 2.75) is 6.04 Å². The molecule has 0 saturated carbocycles. The van der Waals surface area contributed by atoms with E-state index in [1.54, 1.807) is 6.20 Å². The van der Waals surface area contributed by atoms with E-state index in [2.05, 4.69) is 37.3 Å². The van der Waals surface area contributed by atoms with Gasteiger partial charge < -0.3 is 5.32 Å². The Morgan fingerprint density at radius 1 is 1.11 bits per heavy atom. The van der Waals surface area contributed by atoms with Crippen LogP contribution in [-0.2, 0) is 0 Å². The van der Waals surface area contributed by atoms with Gasteiger partial charge in [0.05, 0.1) is 23.1 Å². The van der Waals surface area contributed by atoms with Gasteiger partial charge in [0.25, 0.3) is 0 Å². The van der Waals surface area contributed by atoms with Crippen LogP contribution in [0.15, 0.2) is 65.4 Å². The number of hydrogen-bond donors (Lipinski definition) is 1. The molecule has 0 saturated heterocycles. The summed E-state index contributed by atoms with van der Waals surface area (Å²) in [5.41, 5.74) is 2.71. The summed E-state index contributed by atoms with van der Waals surface area (Å²) in [6, 6.07) is 9.93. The molecular weight excluding hydrogens is 302 g/mol. The standard InChI is InChI=1S/C15H12BrN3/c16-11-9-14(12-5-1-3-7-17-12)19-15(10-11)13-6-2-4-8-18-13/h1-10,12,17H. The van der Waals surface area contributed by atoms with Crippen molar-refractivity contribution < 1.29 is 0 Å². The van der Waals surface area contributed by atoms with E-state index >= 15 is 0 Å². The Hall–Kier alpha value is -1.94. The van der Waals surface area contributed by atoms with Crippen molar-refractivity contribution in [3.63, 3.8) is 0 Å². The SMILES string of the molecule is Brc1cc(-c2ccccn2)nc(C2C=CC=CN2)c1. The zero-order chi connectivity index (χ0) is 13.1. The molecule has 0 spiro atoms. The Balaban J connectivity index is 2.01. The van der Waals surface area contributed by atoms with Crippen LogP contribution >= 0.6 is 15.9 Å². The molecule has 1 aliphatic heterocycles. The van der Waals surface area contributed by atoms with Crippen molar-refractivity contribution in [2.75, 3.05) is 0 Å². The molecule has 2 aromatic heterocycles. The van der Waals surface area contributed by atoms with Crippen LogP contribution in [0.1, 0.15) is 11.7 Å². The molecule has 0 aliphatic carbocycles. The monoisotopic (exact) mass is 313 g/mol. The highest BCUT2D eigenvalue weighted by Gasteiger charge is 2.12. The van der Waals surface area contributed by atoms with Crippen LogP contribution < -0.4 is 5.32 Å². The van der Waals surface area contributed by atoms with Gasteiger partial charge in [0.1, 0.15) is 0 Å². The van der Waals surface area contributed by atoms with Crippen molar-refractivity contribution in [3.8, 4) is 11.4 Å². The van der Waals surface area contributed by atoms with Gasteiger partial charge in [-0.25, -0.2) is 4.98 Å². The summed E-state index contributed by atoms with van der Waals surface area (Å²) in [6.45, 7) is 0. The first-order chi connectivity index (χ1) is 9.33. The lowest BCUT2D eigenvalue weighted by Gasteiger charge is -2.16. The number of allylic oxidation sites excluding steroid dienone is 2. The molecule has 94 valence electrons. The molecule has 0 amide bonds. The van der Waals surface area contributed by atoms with Gasteiger partial charge in [-0.3, -0.25) is 4.98 Å². The van der Waals surface area contributed by atoms with Gasteiger partial charge in [0.2, 0.25) is 0 Å². The molecule has 1 N–H and O–H groups in total. The van der Waals surface area contributed by atoms with Gasteiger partial charge in [-0.1, -0.05) is 34.1 Å². The quantitative estimate of drug-likeness (QED) is 0.920. The number of nitrogens with zero attached hydrogens (tertiary/aromatic N) is 2. The maximum absolute atomic E-state index is 4.69. The summed E-state index contributed by atoms with van der Waals surface area (Å²) in [5.74, 6) is 0. The Morgan fingerprint density at radius 3 is 2.79 bits per heavy atom. The molecule has 3 heterocycles. The van der Waals surface area contributed by atoms with Gasteiger partial charge in [0.15, 0.2) is 0 Å². The van der Waals surface area contributed by atoms with Gasteiger partial charge >= 0.3 is 0 Å². The Morgan fingerprint density at radius 2 is 2.05 bits per heavy atom. The van der Waals surface area contributed by atoms with E-state index in [1.165, 1.54) is 0 Å². The number of nitrogens with one attached hydrogen (secondary N) is 1. The lowest BCUT2D eigenvalue weighted by atomic mass is 10.1. The van der Waals surface area contributed by atoms with Gasteiger partial charge in [-0.05, 0) is 36.5 Å². The maximum Gasteiger partial charge on any atom is 0.0901 e. The normalized spacial score (nSPS) is 17.2. The van der Waals surface area contributed by atoms with E-state index in [1.807, 2.05) is 48.7 Å². The van der Waals surface area contributed by atoms with Crippen molar-refractivity contribution in [3.05, 3.63) is 71.1 Å². The van der Waals surface area contributed by atoms with Crippen LogP contribution in [0.3, 0.4) is 0 Å². The Labute approximate surface area is 120 Å². The number of halogens is 1. The topological polar surface area (TPSA) is 37.8 Å². The highest BCUT2D eigenvalue weighted by atomic mass is 79.9. The third kappa shape index (κ3) is 2.74.